The molecule has 1 amide bonds. The fraction of sp³-hybridized carbons (Fsp3) is 0.344. The summed E-state index contributed by atoms with van der Waals surface area (Å²) in [5.41, 5.74) is 3.47. The molecule has 0 saturated carbocycles. The van der Waals surface area contributed by atoms with Gasteiger partial charge in [-0.25, -0.2) is 4.39 Å². The normalized spacial score (nSPS) is 12.2. The Morgan fingerprint density at radius 2 is 1.88 bits per heavy atom. The van der Waals surface area contributed by atoms with Gasteiger partial charge >= 0.3 is 5.97 Å². The quantitative estimate of drug-likeness (QED) is 0.201. The standard InChI is InChI=1S/C32H35FN2O6S/c1-6-39-29(37)17-22-7-8-24(35-20(2)36)18-28(22)41-19-21-15-23-10-13-40-31(23)26(16-21)25-9-12-34-27(30(25)33)11-14-42(38)32(3,4)5/h7-10,12-13,15-16,18H,6,11,14,17,19H2,1-5H3,(H,35,36)/t42-/m1/s1. The van der Waals surface area contributed by atoms with E-state index in [1.54, 1.807) is 55.8 Å². The van der Waals surface area contributed by atoms with E-state index in [2.05, 4.69) is 10.3 Å². The molecule has 222 valence electrons. The molecule has 1 atom stereocenters. The molecule has 0 unspecified atom stereocenters. The van der Waals surface area contributed by atoms with Crippen LogP contribution in [0, 0.1) is 5.82 Å². The highest BCUT2D eigenvalue weighted by molar-refractivity contribution is 7.86. The molecule has 2 heterocycles. The van der Waals surface area contributed by atoms with Gasteiger partial charge in [0.25, 0.3) is 0 Å². The number of anilines is 1. The monoisotopic (exact) mass is 594 g/mol. The highest BCUT2D eigenvalue weighted by atomic mass is 32.2. The van der Waals surface area contributed by atoms with E-state index < -0.39 is 27.3 Å². The van der Waals surface area contributed by atoms with E-state index in [-0.39, 0.29) is 37.7 Å². The van der Waals surface area contributed by atoms with Crippen LogP contribution in [-0.2, 0) is 44.6 Å². The molecule has 0 saturated heterocycles. The Morgan fingerprint density at radius 1 is 1.10 bits per heavy atom. The van der Waals surface area contributed by atoms with Gasteiger partial charge in [-0.2, -0.15) is 0 Å². The number of aromatic nitrogens is 1. The van der Waals surface area contributed by atoms with Crippen LogP contribution in [0.2, 0.25) is 0 Å². The summed E-state index contributed by atoms with van der Waals surface area (Å²) < 4.78 is 44.9. The number of furan rings is 1. The van der Waals surface area contributed by atoms with Gasteiger partial charge in [0.15, 0.2) is 5.82 Å². The van der Waals surface area contributed by atoms with Crippen LogP contribution in [0.3, 0.4) is 0 Å². The number of nitrogens with zero attached hydrogens (tertiary/aromatic N) is 1. The molecule has 0 aliphatic rings. The van der Waals surface area contributed by atoms with E-state index in [1.165, 1.54) is 6.92 Å². The molecule has 0 aliphatic carbocycles. The van der Waals surface area contributed by atoms with E-state index in [1.807, 2.05) is 26.8 Å². The number of esters is 1. The molecule has 0 aliphatic heterocycles. The Morgan fingerprint density at radius 3 is 2.60 bits per heavy atom. The fourth-order valence-corrected chi connectivity index (χ4v) is 5.43. The number of halogens is 1. The van der Waals surface area contributed by atoms with Crippen molar-refractivity contribution < 1.29 is 32.1 Å². The molecule has 8 nitrogen and oxygen atoms in total. The van der Waals surface area contributed by atoms with Gasteiger partial charge in [-0.05, 0) is 63.6 Å². The van der Waals surface area contributed by atoms with Gasteiger partial charge in [0.2, 0.25) is 5.91 Å². The Hall–Kier alpha value is -4.05. The number of aryl methyl sites for hydroxylation is 1. The van der Waals surface area contributed by atoms with Crippen LogP contribution in [0.4, 0.5) is 10.1 Å². The molecule has 4 rings (SSSR count). The average molecular weight is 595 g/mol. The van der Waals surface area contributed by atoms with E-state index >= 15 is 4.39 Å². The third-order valence-corrected chi connectivity index (χ3v) is 8.43. The van der Waals surface area contributed by atoms with Crippen molar-refractivity contribution in [2.75, 3.05) is 17.7 Å². The molecule has 1 N–H and O–H groups in total. The maximum absolute atomic E-state index is 15.8. The van der Waals surface area contributed by atoms with Crippen molar-refractivity contribution >= 4 is 39.3 Å². The second-order valence-electron chi connectivity index (χ2n) is 10.8. The second kappa shape index (κ2) is 13.3. The van der Waals surface area contributed by atoms with Crippen molar-refractivity contribution in [3.63, 3.8) is 0 Å². The van der Waals surface area contributed by atoms with Crippen molar-refractivity contribution in [3.05, 3.63) is 77.6 Å². The Bertz CT molecular complexity index is 1630. The Kier molecular flexibility index (Phi) is 9.78. The third kappa shape index (κ3) is 7.61. The summed E-state index contributed by atoms with van der Waals surface area (Å²) in [6, 6.07) is 12.1. The molecule has 0 spiro atoms. The Labute approximate surface area is 247 Å². The molecule has 10 heteroatoms. The lowest BCUT2D eigenvalue weighted by Crippen LogP contribution is -2.25. The zero-order valence-corrected chi connectivity index (χ0v) is 25.2. The van der Waals surface area contributed by atoms with Crippen molar-refractivity contribution in [2.24, 2.45) is 0 Å². The number of hydrogen-bond acceptors (Lipinski definition) is 7. The topological polar surface area (TPSA) is 108 Å². The number of rotatable bonds is 11. The predicted molar refractivity (Wildman–Crippen MR) is 161 cm³/mol. The second-order valence-corrected chi connectivity index (χ2v) is 13.1. The summed E-state index contributed by atoms with van der Waals surface area (Å²) in [5, 5.41) is 3.48. The number of amides is 1. The lowest BCUT2D eigenvalue weighted by atomic mass is 9.99. The number of pyridine rings is 1. The van der Waals surface area contributed by atoms with Crippen LogP contribution < -0.4 is 10.1 Å². The number of carbonyl (C=O) groups excluding carboxylic acids is 2. The molecule has 0 radical (unpaired) electrons. The summed E-state index contributed by atoms with van der Waals surface area (Å²) in [6.07, 6.45) is 3.32. The van der Waals surface area contributed by atoms with Gasteiger partial charge in [-0.1, -0.05) is 6.07 Å². The van der Waals surface area contributed by atoms with Crippen LogP contribution in [0.25, 0.3) is 22.1 Å². The summed E-state index contributed by atoms with van der Waals surface area (Å²) in [7, 11) is -1.14. The predicted octanol–water partition coefficient (Wildman–Crippen LogP) is 6.37. The first-order chi connectivity index (χ1) is 20.0. The number of carbonyl (C=O) groups is 2. The van der Waals surface area contributed by atoms with Crippen LogP contribution in [-0.4, -0.2) is 38.2 Å². The molecule has 2 aromatic carbocycles. The van der Waals surface area contributed by atoms with Crippen LogP contribution in [0.15, 0.2) is 59.3 Å². The van der Waals surface area contributed by atoms with E-state index in [0.29, 0.717) is 39.5 Å². The number of fused-ring (bicyclic) bond motifs is 1. The summed E-state index contributed by atoms with van der Waals surface area (Å²) in [6.45, 7) is 9.16. The van der Waals surface area contributed by atoms with Crippen molar-refractivity contribution in [1.82, 2.24) is 4.98 Å². The minimum Gasteiger partial charge on any atom is -0.489 e. The minimum atomic E-state index is -1.14. The summed E-state index contributed by atoms with van der Waals surface area (Å²) >= 11 is 0. The minimum absolute atomic E-state index is 0.000542. The summed E-state index contributed by atoms with van der Waals surface area (Å²) in [4.78, 5) is 28.0. The van der Waals surface area contributed by atoms with Gasteiger partial charge in [-0.15, -0.1) is 0 Å². The molecule has 2 aromatic heterocycles. The molecular formula is C32H35FN2O6S. The molecule has 42 heavy (non-hydrogen) atoms. The lowest BCUT2D eigenvalue weighted by Gasteiger charge is -2.17. The highest BCUT2D eigenvalue weighted by Gasteiger charge is 2.22. The average Bonchev–Trinajstić information content (AvgIpc) is 3.40. The van der Waals surface area contributed by atoms with E-state index in [4.69, 9.17) is 13.9 Å². The lowest BCUT2D eigenvalue weighted by molar-refractivity contribution is -0.142. The zero-order chi connectivity index (χ0) is 30.4. The van der Waals surface area contributed by atoms with Gasteiger partial charge in [0, 0.05) is 74.7 Å². The highest BCUT2D eigenvalue weighted by Crippen LogP contribution is 2.34. The SMILES string of the molecule is CCOC(=O)Cc1ccc(NC(C)=O)cc1OCc1cc(-c2ccnc(CC[S@@](=O)C(C)(C)C)c2F)c2occc2c1. The maximum Gasteiger partial charge on any atom is 0.310 e. The van der Waals surface area contributed by atoms with Crippen molar-refractivity contribution in [3.8, 4) is 16.9 Å². The fourth-order valence-electron chi connectivity index (χ4n) is 4.44. The first-order valence-electron chi connectivity index (χ1n) is 13.7. The van der Waals surface area contributed by atoms with Crippen LogP contribution >= 0.6 is 0 Å². The molecule has 0 fully saturated rings. The number of ether oxygens (including phenoxy) is 2. The van der Waals surface area contributed by atoms with Crippen molar-refractivity contribution in [2.45, 2.75) is 58.8 Å². The first-order valence-corrected chi connectivity index (χ1v) is 15.0. The third-order valence-electron chi connectivity index (χ3n) is 6.49. The van der Waals surface area contributed by atoms with E-state index in [0.717, 1.165) is 10.9 Å². The molecule has 0 bridgehead atoms. The van der Waals surface area contributed by atoms with Gasteiger partial charge < -0.3 is 19.2 Å². The number of benzene rings is 2. The van der Waals surface area contributed by atoms with E-state index in [9.17, 15) is 13.8 Å². The largest absolute Gasteiger partial charge is 0.489 e. The van der Waals surface area contributed by atoms with Gasteiger partial charge in [0.1, 0.15) is 17.9 Å². The van der Waals surface area contributed by atoms with Crippen LogP contribution in [0.5, 0.6) is 5.75 Å². The van der Waals surface area contributed by atoms with Crippen molar-refractivity contribution in [1.29, 1.82) is 0 Å². The molecular weight excluding hydrogens is 559 g/mol. The first kappa shape index (κ1) is 30.9. The molecule has 4 aromatic rings. The number of nitrogens with one attached hydrogen (secondary N) is 1. The smallest absolute Gasteiger partial charge is 0.310 e. The van der Waals surface area contributed by atoms with Gasteiger partial charge in [-0.3, -0.25) is 18.8 Å². The summed E-state index contributed by atoms with van der Waals surface area (Å²) in [5.74, 6) is -0.414. The number of hydrogen-bond donors (Lipinski definition) is 1. The van der Waals surface area contributed by atoms with Crippen LogP contribution in [0.1, 0.15) is 51.4 Å². The Balaban J connectivity index is 1.65. The maximum atomic E-state index is 15.8. The zero-order valence-electron chi connectivity index (χ0n) is 24.4. The van der Waals surface area contributed by atoms with Gasteiger partial charge in [0.05, 0.1) is 25.0 Å².